The molecule has 0 N–H and O–H groups in total. The lowest BCUT2D eigenvalue weighted by Crippen LogP contribution is -1.16. The normalized spacial score (nSPS) is 2.50. The van der Waals surface area contributed by atoms with E-state index in [1.54, 1.807) is 0 Å². The Balaban J connectivity index is 0. The van der Waals surface area contributed by atoms with Gasteiger partial charge in [0, 0.05) is 0 Å². The van der Waals surface area contributed by atoms with Crippen molar-refractivity contribution in [2.24, 2.45) is 0 Å². The molecular weight excluding hydrogens is 52.0 g/mol. The molecule has 0 heterocycles. The molecule has 0 aromatic carbocycles. The summed E-state index contributed by atoms with van der Waals surface area (Å²) < 4.78 is 0. The second-order valence-corrected chi connectivity index (χ2v) is 0. The Bertz CT molecular complexity index is 3.25. The highest BCUT2D eigenvalue weighted by Crippen LogP contribution is 0.862. The van der Waals surface area contributed by atoms with E-state index in [2.05, 4.69) is 13.2 Å². The third-order valence-corrected chi connectivity index (χ3v) is 0. The number of hydrogen-bond donors (Lipinski definition) is 0. The minimum absolute atomic E-state index is 0.750. The monoisotopic (exact) mass is 59.0 g/mol. The molecule has 1 nitrogen and oxygen atoms in total. The van der Waals surface area contributed by atoms with E-state index in [-0.39, 0.29) is 0 Å². The molecule has 4 heavy (non-hydrogen) atoms. The highest BCUT2D eigenvalue weighted by molar-refractivity contribution is 4.22. The molecule has 0 aliphatic heterocycles. The lowest BCUT2D eigenvalue weighted by molar-refractivity contribution is 0.282. The van der Waals surface area contributed by atoms with Crippen molar-refractivity contribution in [1.82, 2.24) is 0 Å². The van der Waals surface area contributed by atoms with Gasteiger partial charge in [0.1, 0.15) is 0 Å². The van der Waals surface area contributed by atoms with Crippen molar-refractivity contribution in [3.05, 3.63) is 13.2 Å². The first-order chi connectivity index (χ1) is 2.00. The van der Waals surface area contributed by atoms with Gasteiger partial charge in [0.15, 0.2) is 0 Å². The van der Waals surface area contributed by atoms with Gasteiger partial charge in [-0.05, 0) is 0 Å². The Morgan fingerprint density at radius 2 is 1.25 bits per heavy atom. The van der Waals surface area contributed by atoms with E-state index < -0.39 is 0 Å². The molecule has 0 amide bonds. The van der Waals surface area contributed by atoms with E-state index >= 15 is 0 Å². The van der Waals surface area contributed by atoms with E-state index in [0.717, 1.165) is 7.11 Å². The molecule has 1 radical (unpaired) electrons. The second-order valence-electron chi connectivity index (χ2n) is 0. The van der Waals surface area contributed by atoms with Gasteiger partial charge in [0.25, 0.3) is 0 Å². The molecule has 0 fully saturated rings. The molecule has 0 atom stereocenters. The van der Waals surface area contributed by atoms with Crippen molar-refractivity contribution in [3.8, 4) is 0 Å². The Morgan fingerprint density at radius 1 is 1.25 bits per heavy atom. The zero-order valence-electron chi connectivity index (χ0n) is 2.82. The molecular formula is C3H7O. The Hall–Kier alpha value is -0.300. The zero-order chi connectivity index (χ0) is 4.00. The van der Waals surface area contributed by atoms with Crippen molar-refractivity contribution in [2.75, 3.05) is 7.11 Å². The summed E-state index contributed by atoms with van der Waals surface area (Å²) in [5.41, 5.74) is 0. The van der Waals surface area contributed by atoms with Crippen molar-refractivity contribution in [1.29, 1.82) is 0 Å². The van der Waals surface area contributed by atoms with Crippen LogP contribution in [-0.2, 0) is 5.11 Å². The van der Waals surface area contributed by atoms with Crippen LogP contribution in [0.1, 0.15) is 0 Å². The predicted molar refractivity (Wildman–Crippen MR) is 17.9 cm³/mol. The van der Waals surface area contributed by atoms with Crippen LogP contribution in [0.5, 0.6) is 0 Å². The van der Waals surface area contributed by atoms with Gasteiger partial charge in [-0.15, -0.1) is 13.2 Å². The first kappa shape index (κ1) is 9.33. The first-order valence-corrected chi connectivity index (χ1v) is 0.908. The summed E-state index contributed by atoms with van der Waals surface area (Å²) in [7, 11) is 0.750. The van der Waals surface area contributed by atoms with Crippen LogP contribution in [0.25, 0.3) is 0 Å². The molecule has 0 unspecified atom stereocenters. The van der Waals surface area contributed by atoms with Crippen LogP contribution < -0.4 is 0 Å². The van der Waals surface area contributed by atoms with Gasteiger partial charge in [-0.3, -0.25) is 0 Å². The lowest BCUT2D eigenvalue weighted by atomic mass is 11.3. The third kappa shape index (κ3) is 9.26. The van der Waals surface area contributed by atoms with Gasteiger partial charge in [-0.2, -0.15) is 0 Å². The highest BCUT2D eigenvalue weighted by atomic mass is 16.2. The molecule has 0 saturated carbocycles. The maximum atomic E-state index is 8.25. The molecule has 0 aromatic heterocycles. The van der Waals surface area contributed by atoms with Crippen molar-refractivity contribution in [3.63, 3.8) is 0 Å². The summed E-state index contributed by atoms with van der Waals surface area (Å²) in [6.45, 7) is 6.00. The van der Waals surface area contributed by atoms with Gasteiger partial charge in [0.05, 0.1) is 7.11 Å². The van der Waals surface area contributed by atoms with E-state index in [1.807, 2.05) is 0 Å². The average Bonchev–Trinajstić information content (AvgIpc) is 1.50. The fourth-order valence-corrected chi connectivity index (χ4v) is 0. The van der Waals surface area contributed by atoms with Gasteiger partial charge in [0.2, 0.25) is 0 Å². The molecule has 0 aromatic rings. The van der Waals surface area contributed by atoms with Crippen LogP contribution in [0.3, 0.4) is 0 Å². The van der Waals surface area contributed by atoms with E-state index in [4.69, 9.17) is 5.11 Å². The van der Waals surface area contributed by atoms with Gasteiger partial charge in [-0.25, -0.2) is 5.11 Å². The van der Waals surface area contributed by atoms with Crippen molar-refractivity contribution >= 4 is 0 Å². The Labute approximate surface area is 26.6 Å². The van der Waals surface area contributed by atoms with E-state index in [9.17, 15) is 0 Å². The van der Waals surface area contributed by atoms with Gasteiger partial charge in [-0.1, -0.05) is 0 Å². The van der Waals surface area contributed by atoms with Crippen LogP contribution in [-0.4, -0.2) is 7.11 Å². The molecule has 0 aliphatic carbocycles. The maximum absolute atomic E-state index is 8.25. The summed E-state index contributed by atoms with van der Waals surface area (Å²) in [5, 5.41) is 8.25. The summed E-state index contributed by atoms with van der Waals surface area (Å²) in [6, 6.07) is 0. The van der Waals surface area contributed by atoms with Gasteiger partial charge < -0.3 is 0 Å². The molecule has 0 spiro atoms. The number of rotatable bonds is 0. The maximum Gasteiger partial charge on any atom is 0.0712 e. The summed E-state index contributed by atoms with van der Waals surface area (Å²) in [5.74, 6) is 0. The van der Waals surface area contributed by atoms with Crippen LogP contribution >= 0.6 is 0 Å². The predicted octanol–water partition coefficient (Wildman–Crippen LogP) is 0.849. The number of hydrogen-bond acceptors (Lipinski definition) is 0. The smallest absolute Gasteiger partial charge is 0.0712 e. The van der Waals surface area contributed by atoms with Crippen LogP contribution in [0.2, 0.25) is 0 Å². The quantitative estimate of drug-likeness (QED) is 0.369. The van der Waals surface area contributed by atoms with E-state index in [0.29, 0.717) is 0 Å². The van der Waals surface area contributed by atoms with Gasteiger partial charge >= 0.3 is 0 Å². The van der Waals surface area contributed by atoms with Crippen LogP contribution in [0.4, 0.5) is 0 Å². The van der Waals surface area contributed by atoms with E-state index in [1.165, 1.54) is 0 Å². The standard InChI is InChI=1S/C2H4.CH3O/c2*1-2/h1-2H2;1H3. The molecule has 0 rings (SSSR count). The third-order valence-electron chi connectivity index (χ3n) is 0. The largest absolute Gasteiger partial charge is 0.240 e. The fourth-order valence-electron chi connectivity index (χ4n) is 0. The molecule has 0 aliphatic rings. The Morgan fingerprint density at radius 3 is 1.25 bits per heavy atom. The SMILES string of the molecule is C=C.C[O]. The summed E-state index contributed by atoms with van der Waals surface area (Å²) in [4.78, 5) is 0. The second kappa shape index (κ2) is 86.7. The molecule has 0 bridgehead atoms. The minimum Gasteiger partial charge on any atom is -0.240 e. The zero-order valence-corrected chi connectivity index (χ0v) is 2.82. The Kier molecular flexibility index (Phi) is 202. The molecule has 1 heteroatoms. The van der Waals surface area contributed by atoms with Crippen LogP contribution in [0.15, 0.2) is 13.2 Å². The highest BCUT2D eigenvalue weighted by Gasteiger charge is 0.928. The fraction of sp³-hybridized carbons (Fsp3) is 0.333. The summed E-state index contributed by atoms with van der Waals surface area (Å²) in [6.07, 6.45) is 0. The topological polar surface area (TPSA) is 19.9 Å². The first-order valence-electron chi connectivity index (χ1n) is 0.908. The van der Waals surface area contributed by atoms with Crippen molar-refractivity contribution < 1.29 is 5.11 Å². The minimum atomic E-state index is 0.750. The average molecular weight is 59.1 g/mol. The molecule has 25 valence electrons. The molecule has 0 saturated heterocycles. The van der Waals surface area contributed by atoms with Crippen LogP contribution in [0, 0.1) is 0 Å². The van der Waals surface area contributed by atoms with Crippen molar-refractivity contribution in [2.45, 2.75) is 0 Å². The summed E-state index contributed by atoms with van der Waals surface area (Å²) >= 11 is 0. The lowest BCUT2D eigenvalue weighted by Gasteiger charge is -1.10.